The number of benzene rings is 1. The molecule has 3 nitrogen and oxygen atoms in total. The van der Waals surface area contributed by atoms with Crippen LogP contribution in [-0.4, -0.2) is 25.4 Å². The maximum absolute atomic E-state index is 10.1. The van der Waals surface area contributed by atoms with Crippen LogP contribution in [0.3, 0.4) is 0 Å². The number of hydrogen-bond donors (Lipinski definition) is 1. The molecular formula is C21H28O3. The standard InChI is InChI=1S/C21H28O3/c1-4-21-10-9-14-15(17(21)7-8-20(21)24-3)6-5-13-11-18(22)19(23-2)12-16(13)14/h7,11-12,14-15,20,22H,4-6,8-10H2,1-3H3/t14-,15+,20-,21-/m0/s1. The quantitative estimate of drug-likeness (QED) is 0.825. The molecule has 1 fully saturated rings. The number of ether oxygens (including phenoxy) is 2. The lowest BCUT2D eigenvalue weighted by Gasteiger charge is -2.49. The second-order valence-electron chi connectivity index (χ2n) is 7.64. The molecule has 3 heteroatoms. The monoisotopic (exact) mass is 328 g/mol. The minimum atomic E-state index is 0.258. The average Bonchev–Trinajstić information content (AvgIpc) is 2.99. The minimum absolute atomic E-state index is 0.258. The van der Waals surface area contributed by atoms with Gasteiger partial charge in [0.15, 0.2) is 11.5 Å². The first-order chi connectivity index (χ1) is 11.6. The van der Waals surface area contributed by atoms with Gasteiger partial charge < -0.3 is 14.6 Å². The Labute approximate surface area is 144 Å². The summed E-state index contributed by atoms with van der Waals surface area (Å²) in [4.78, 5) is 0. The van der Waals surface area contributed by atoms with Gasteiger partial charge in [0, 0.05) is 12.5 Å². The number of aromatic hydroxyl groups is 1. The second-order valence-corrected chi connectivity index (χ2v) is 7.64. The van der Waals surface area contributed by atoms with Crippen LogP contribution in [0.25, 0.3) is 0 Å². The lowest BCUT2D eigenvalue weighted by Crippen LogP contribution is -2.42. The Morgan fingerprint density at radius 3 is 2.75 bits per heavy atom. The summed E-state index contributed by atoms with van der Waals surface area (Å²) in [5, 5.41) is 10.1. The van der Waals surface area contributed by atoms with Gasteiger partial charge in [-0.15, -0.1) is 0 Å². The van der Waals surface area contributed by atoms with Gasteiger partial charge in [-0.05, 0) is 73.6 Å². The van der Waals surface area contributed by atoms with Crippen molar-refractivity contribution in [3.8, 4) is 11.5 Å². The molecule has 4 atom stereocenters. The zero-order valence-corrected chi connectivity index (χ0v) is 15.0. The fraction of sp³-hybridized carbons (Fsp3) is 0.619. The van der Waals surface area contributed by atoms with E-state index in [0.717, 1.165) is 12.8 Å². The number of hydrogen-bond acceptors (Lipinski definition) is 3. The molecule has 3 aliphatic rings. The van der Waals surface area contributed by atoms with E-state index in [1.165, 1.54) is 36.8 Å². The van der Waals surface area contributed by atoms with Crippen LogP contribution in [0, 0.1) is 11.3 Å². The maximum Gasteiger partial charge on any atom is 0.160 e. The predicted octanol–water partition coefficient (Wildman–Crippen LogP) is 4.58. The molecule has 1 saturated carbocycles. The van der Waals surface area contributed by atoms with Crippen LogP contribution in [0.2, 0.25) is 0 Å². The molecule has 0 heterocycles. The van der Waals surface area contributed by atoms with Crippen molar-refractivity contribution in [3.05, 3.63) is 34.9 Å². The van der Waals surface area contributed by atoms with E-state index in [2.05, 4.69) is 19.1 Å². The summed E-state index contributed by atoms with van der Waals surface area (Å²) in [7, 11) is 3.50. The molecule has 1 N–H and O–H groups in total. The van der Waals surface area contributed by atoms with Crippen molar-refractivity contribution in [2.45, 2.75) is 57.5 Å². The Morgan fingerprint density at radius 1 is 1.21 bits per heavy atom. The van der Waals surface area contributed by atoms with Crippen molar-refractivity contribution in [2.24, 2.45) is 11.3 Å². The molecule has 0 unspecified atom stereocenters. The Morgan fingerprint density at radius 2 is 2.04 bits per heavy atom. The first kappa shape index (κ1) is 16.0. The molecule has 0 spiro atoms. The third-order valence-corrected chi connectivity index (χ3v) is 7.01. The van der Waals surface area contributed by atoms with Crippen molar-refractivity contribution >= 4 is 0 Å². The summed E-state index contributed by atoms with van der Waals surface area (Å²) >= 11 is 0. The third-order valence-electron chi connectivity index (χ3n) is 7.01. The van der Waals surface area contributed by atoms with Gasteiger partial charge in [0.2, 0.25) is 0 Å². The van der Waals surface area contributed by atoms with Crippen LogP contribution in [0.5, 0.6) is 11.5 Å². The van der Waals surface area contributed by atoms with E-state index in [4.69, 9.17) is 9.47 Å². The van der Waals surface area contributed by atoms with Crippen LogP contribution in [-0.2, 0) is 11.2 Å². The Hall–Kier alpha value is -1.48. The summed E-state index contributed by atoms with van der Waals surface area (Å²) in [5.74, 6) is 2.07. The van der Waals surface area contributed by atoms with Crippen LogP contribution in [0.15, 0.2) is 23.8 Å². The molecule has 0 aromatic heterocycles. The maximum atomic E-state index is 10.1. The second kappa shape index (κ2) is 5.80. The average molecular weight is 328 g/mol. The molecule has 1 aromatic rings. The fourth-order valence-electron chi connectivity index (χ4n) is 5.83. The number of rotatable bonds is 3. The summed E-state index contributed by atoms with van der Waals surface area (Å²) in [6.45, 7) is 2.32. The van der Waals surface area contributed by atoms with Gasteiger partial charge in [0.25, 0.3) is 0 Å². The molecule has 3 aliphatic carbocycles. The smallest absolute Gasteiger partial charge is 0.160 e. The Balaban J connectivity index is 1.73. The molecular weight excluding hydrogens is 300 g/mol. The third kappa shape index (κ3) is 2.07. The normalized spacial score (nSPS) is 34.1. The van der Waals surface area contributed by atoms with E-state index < -0.39 is 0 Å². The van der Waals surface area contributed by atoms with E-state index in [1.54, 1.807) is 12.7 Å². The van der Waals surface area contributed by atoms with Crippen molar-refractivity contribution in [1.29, 1.82) is 0 Å². The highest BCUT2D eigenvalue weighted by atomic mass is 16.5. The number of fused-ring (bicyclic) bond motifs is 5. The molecule has 24 heavy (non-hydrogen) atoms. The van der Waals surface area contributed by atoms with Crippen LogP contribution in [0.1, 0.15) is 56.1 Å². The number of aryl methyl sites for hydroxylation is 1. The number of phenols is 1. The predicted molar refractivity (Wildman–Crippen MR) is 94.7 cm³/mol. The largest absolute Gasteiger partial charge is 0.504 e. The van der Waals surface area contributed by atoms with E-state index in [1.807, 2.05) is 13.2 Å². The van der Waals surface area contributed by atoms with E-state index in [-0.39, 0.29) is 11.2 Å². The first-order valence-corrected chi connectivity index (χ1v) is 9.27. The minimum Gasteiger partial charge on any atom is -0.504 e. The van der Waals surface area contributed by atoms with Gasteiger partial charge in [-0.25, -0.2) is 0 Å². The molecule has 130 valence electrons. The fourth-order valence-corrected chi connectivity index (χ4v) is 5.83. The summed E-state index contributed by atoms with van der Waals surface area (Å²) < 4.78 is 11.2. The molecule has 0 bridgehead atoms. The molecule has 0 amide bonds. The number of phenolic OH excluding ortho intramolecular Hbond substituents is 1. The number of methoxy groups -OCH3 is 2. The SMILES string of the molecule is CC[C@]12CC[C@@H]3c4cc(OC)c(O)cc4CC[C@H]3C1=CC[C@@H]2OC. The Kier molecular flexibility index (Phi) is 3.87. The Bertz CT molecular complexity index is 678. The van der Waals surface area contributed by atoms with Gasteiger partial charge >= 0.3 is 0 Å². The van der Waals surface area contributed by atoms with Crippen LogP contribution >= 0.6 is 0 Å². The first-order valence-electron chi connectivity index (χ1n) is 9.27. The van der Waals surface area contributed by atoms with E-state index >= 15 is 0 Å². The van der Waals surface area contributed by atoms with E-state index in [9.17, 15) is 5.11 Å². The van der Waals surface area contributed by atoms with Gasteiger partial charge in [-0.2, -0.15) is 0 Å². The van der Waals surface area contributed by atoms with Crippen molar-refractivity contribution in [3.63, 3.8) is 0 Å². The summed E-state index contributed by atoms with van der Waals surface area (Å²) in [5.41, 5.74) is 4.62. The van der Waals surface area contributed by atoms with Crippen molar-refractivity contribution < 1.29 is 14.6 Å². The van der Waals surface area contributed by atoms with E-state index in [0.29, 0.717) is 23.7 Å². The topological polar surface area (TPSA) is 38.7 Å². The lowest BCUT2D eigenvalue weighted by molar-refractivity contribution is -0.00429. The van der Waals surface area contributed by atoms with Gasteiger partial charge in [-0.3, -0.25) is 0 Å². The van der Waals surface area contributed by atoms with Crippen molar-refractivity contribution in [2.75, 3.05) is 14.2 Å². The molecule has 0 saturated heterocycles. The molecule has 1 aromatic carbocycles. The highest BCUT2D eigenvalue weighted by molar-refractivity contribution is 5.50. The summed E-state index contributed by atoms with van der Waals surface area (Å²) in [6.07, 6.45) is 9.72. The zero-order valence-electron chi connectivity index (χ0n) is 15.0. The summed E-state index contributed by atoms with van der Waals surface area (Å²) in [6, 6.07) is 4.01. The van der Waals surface area contributed by atoms with Crippen LogP contribution < -0.4 is 4.74 Å². The zero-order chi connectivity index (χ0) is 16.9. The van der Waals surface area contributed by atoms with Gasteiger partial charge in [-0.1, -0.05) is 18.6 Å². The van der Waals surface area contributed by atoms with Gasteiger partial charge in [0.05, 0.1) is 13.2 Å². The van der Waals surface area contributed by atoms with Gasteiger partial charge in [0.1, 0.15) is 0 Å². The highest BCUT2D eigenvalue weighted by Gasteiger charge is 2.52. The highest BCUT2D eigenvalue weighted by Crippen LogP contribution is 2.61. The van der Waals surface area contributed by atoms with Crippen molar-refractivity contribution in [1.82, 2.24) is 0 Å². The molecule has 0 radical (unpaired) electrons. The van der Waals surface area contributed by atoms with Crippen LogP contribution in [0.4, 0.5) is 0 Å². The molecule has 0 aliphatic heterocycles. The lowest BCUT2D eigenvalue weighted by atomic mass is 9.56. The molecule has 4 rings (SSSR count).